The summed E-state index contributed by atoms with van der Waals surface area (Å²) >= 11 is 0. The Morgan fingerprint density at radius 3 is 2.05 bits per heavy atom. The fourth-order valence-corrected chi connectivity index (χ4v) is 5.18. The Bertz CT molecular complexity index is 388. The lowest BCUT2D eigenvalue weighted by Crippen LogP contribution is -2.44. The second kappa shape index (κ2) is 5.71. The van der Waals surface area contributed by atoms with Crippen LogP contribution in [0.4, 0.5) is 0 Å². The van der Waals surface area contributed by atoms with Crippen LogP contribution in [0.25, 0.3) is 0 Å². The van der Waals surface area contributed by atoms with E-state index in [-0.39, 0.29) is 23.2 Å². The zero-order valence-corrected chi connectivity index (χ0v) is 14.1. The molecule has 0 aromatic rings. The van der Waals surface area contributed by atoms with Crippen molar-refractivity contribution in [2.24, 2.45) is 35.0 Å². The van der Waals surface area contributed by atoms with Crippen LogP contribution in [0.5, 0.6) is 0 Å². The summed E-state index contributed by atoms with van der Waals surface area (Å²) < 4.78 is 0. The fraction of sp³-hybridized carbons (Fsp3) is 1.00. The van der Waals surface area contributed by atoms with E-state index in [1.54, 1.807) is 0 Å². The lowest BCUT2D eigenvalue weighted by Gasteiger charge is -2.32. The van der Waals surface area contributed by atoms with Gasteiger partial charge in [0, 0.05) is 17.8 Å². The van der Waals surface area contributed by atoms with Crippen LogP contribution in [-0.2, 0) is 4.84 Å². The average Bonchev–Trinajstić information content (AvgIpc) is 3.06. The Kier molecular flexibility index (Phi) is 4.32. The molecule has 1 heterocycles. The summed E-state index contributed by atoms with van der Waals surface area (Å²) in [6.45, 7) is 8.31. The molecule has 3 aliphatic rings. The zero-order valence-electron chi connectivity index (χ0n) is 14.1. The zero-order chi connectivity index (χ0) is 16.2. The predicted octanol–water partition coefficient (Wildman–Crippen LogP) is 1.92. The molecule has 0 aromatic carbocycles. The molecule has 5 heteroatoms. The van der Waals surface area contributed by atoms with E-state index in [0.29, 0.717) is 11.8 Å². The van der Waals surface area contributed by atoms with Gasteiger partial charge in [-0.2, -0.15) is 0 Å². The molecule has 3 fully saturated rings. The third-order valence-corrected chi connectivity index (χ3v) is 5.91. The molecule has 2 aliphatic carbocycles. The number of rotatable bonds is 4. The van der Waals surface area contributed by atoms with Crippen molar-refractivity contribution in [3.8, 4) is 0 Å². The van der Waals surface area contributed by atoms with E-state index in [2.05, 4.69) is 20.8 Å². The van der Waals surface area contributed by atoms with E-state index in [9.17, 15) is 15.3 Å². The maximum atomic E-state index is 10.5. The molecule has 2 bridgehead atoms. The SMILES string of the molecule is CC(CC(C)(C)C)C(O)ON1C(O)C2C3CCC(C3)C2C1O. The van der Waals surface area contributed by atoms with Crippen molar-refractivity contribution < 1.29 is 20.2 Å². The summed E-state index contributed by atoms with van der Waals surface area (Å²) in [5.74, 6) is 1.13. The monoisotopic (exact) mass is 313 g/mol. The average molecular weight is 313 g/mol. The summed E-state index contributed by atoms with van der Waals surface area (Å²) in [6.07, 6.45) is 1.63. The molecule has 8 unspecified atom stereocenters. The molecule has 5 nitrogen and oxygen atoms in total. The van der Waals surface area contributed by atoms with Crippen molar-refractivity contribution >= 4 is 0 Å². The van der Waals surface area contributed by atoms with Crippen molar-refractivity contribution in [3.05, 3.63) is 0 Å². The van der Waals surface area contributed by atoms with Crippen molar-refractivity contribution in [3.63, 3.8) is 0 Å². The molecule has 2 saturated carbocycles. The molecule has 128 valence electrons. The Morgan fingerprint density at radius 2 is 1.59 bits per heavy atom. The number of nitrogens with zero attached hydrogens (tertiary/aromatic N) is 1. The summed E-state index contributed by atoms with van der Waals surface area (Å²) in [4.78, 5) is 5.59. The minimum Gasteiger partial charge on any atom is -0.376 e. The smallest absolute Gasteiger partial charge is 0.177 e. The molecular formula is C17H31NO4. The van der Waals surface area contributed by atoms with Gasteiger partial charge in [0.25, 0.3) is 0 Å². The van der Waals surface area contributed by atoms with Gasteiger partial charge in [0.15, 0.2) is 6.29 Å². The molecule has 1 aliphatic heterocycles. The molecule has 22 heavy (non-hydrogen) atoms. The Hall–Kier alpha value is -0.200. The van der Waals surface area contributed by atoms with Gasteiger partial charge in [0.2, 0.25) is 0 Å². The number of hydrogen-bond donors (Lipinski definition) is 3. The van der Waals surface area contributed by atoms with Crippen LogP contribution < -0.4 is 0 Å². The van der Waals surface area contributed by atoms with Gasteiger partial charge < -0.3 is 15.3 Å². The van der Waals surface area contributed by atoms with Crippen LogP contribution in [0.3, 0.4) is 0 Å². The maximum Gasteiger partial charge on any atom is 0.177 e. The number of hydrogen-bond acceptors (Lipinski definition) is 5. The van der Waals surface area contributed by atoms with Crippen molar-refractivity contribution in [1.29, 1.82) is 0 Å². The summed E-state index contributed by atoms with van der Waals surface area (Å²) in [6, 6.07) is 0. The van der Waals surface area contributed by atoms with Crippen LogP contribution >= 0.6 is 0 Å². The standard InChI is InChI=1S/C17H31NO4/c1-9(8-17(2,3)4)16(21)22-18-14(19)12-10-5-6-11(7-10)13(12)15(18)20/h9-16,19-21H,5-8H2,1-4H3. The highest BCUT2D eigenvalue weighted by molar-refractivity contribution is 5.04. The van der Waals surface area contributed by atoms with Gasteiger partial charge in [-0.3, -0.25) is 4.84 Å². The molecule has 1 saturated heterocycles. The molecule has 0 spiro atoms. The first-order valence-corrected chi connectivity index (χ1v) is 8.68. The Labute approximate surface area is 133 Å². The summed E-state index contributed by atoms with van der Waals surface area (Å²) in [5, 5.41) is 32.7. The third-order valence-electron chi connectivity index (χ3n) is 5.91. The van der Waals surface area contributed by atoms with Gasteiger partial charge in [0.1, 0.15) is 12.5 Å². The van der Waals surface area contributed by atoms with Gasteiger partial charge in [-0.1, -0.05) is 27.7 Å². The second-order valence-electron chi connectivity index (χ2n) is 8.91. The molecule has 0 radical (unpaired) electrons. The molecule has 8 atom stereocenters. The van der Waals surface area contributed by atoms with E-state index in [0.717, 1.165) is 25.7 Å². The van der Waals surface area contributed by atoms with Crippen LogP contribution in [0.15, 0.2) is 0 Å². The van der Waals surface area contributed by atoms with Gasteiger partial charge >= 0.3 is 0 Å². The van der Waals surface area contributed by atoms with Crippen LogP contribution in [0.2, 0.25) is 0 Å². The Morgan fingerprint density at radius 1 is 1.09 bits per heavy atom. The molecule has 0 aromatic heterocycles. The largest absolute Gasteiger partial charge is 0.376 e. The molecule has 3 N–H and O–H groups in total. The van der Waals surface area contributed by atoms with Crippen molar-refractivity contribution in [2.75, 3.05) is 0 Å². The Balaban J connectivity index is 1.63. The summed E-state index contributed by atoms with van der Waals surface area (Å²) in [7, 11) is 0. The first-order chi connectivity index (χ1) is 10.2. The highest BCUT2D eigenvalue weighted by Gasteiger charge is 2.61. The van der Waals surface area contributed by atoms with Crippen LogP contribution in [-0.4, -0.2) is 39.1 Å². The maximum absolute atomic E-state index is 10.5. The topological polar surface area (TPSA) is 73.2 Å². The van der Waals surface area contributed by atoms with Gasteiger partial charge in [0.05, 0.1) is 0 Å². The molecule has 0 amide bonds. The van der Waals surface area contributed by atoms with Gasteiger partial charge in [-0.05, 0) is 42.9 Å². The minimum absolute atomic E-state index is 0.0587. The normalized spacial score (nSPS) is 44.3. The van der Waals surface area contributed by atoms with E-state index in [4.69, 9.17) is 4.84 Å². The third kappa shape index (κ3) is 2.82. The number of aliphatic hydroxyl groups is 3. The van der Waals surface area contributed by atoms with E-state index < -0.39 is 18.7 Å². The highest BCUT2D eigenvalue weighted by Crippen LogP contribution is 2.58. The van der Waals surface area contributed by atoms with Gasteiger partial charge in [-0.25, -0.2) is 0 Å². The summed E-state index contributed by atoms with van der Waals surface area (Å²) in [5.41, 5.74) is 0.0988. The first kappa shape index (κ1) is 16.7. The van der Waals surface area contributed by atoms with Gasteiger partial charge in [-0.15, -0.1) is 5.06 Å². The highest BCUT2D eigenvalue weighted by atomic mass is 16.8. The number of aliphatic hydroxyl groups excluding tert-OH is 3. The first-order valence-electron chi connectivity index (χ1n) is 8.68. The van der Waals surface area contributed by atoms with E-state index >= 15 is 0 Å². The van der Waals surface area contributed by atoms with Crippen LogP contribution in [0, 0.1) is 35.0 Å². The van der Waals surface area contributed by atoms with Crippen molar-refractivity contribution in [2.45, 2.75) is 72.1 Å². The lowest BCUT2D eigenvalue weighted by atomic mass is 9.80. The van der Waals surface area contributed by atoms with E-state index in [1.807, 2.05) is 6.92 Å². The van der Waals surface area contributed by atoms with Crippen molar-refractivity contribution in [1.82, 2.24) is 5.06 Å². The quantitative estimate of drug-likeness (QED) is 0.692. The number of hydroxylamine groups is 2. The minimum atomic E-state index is -1.000. The molecule has 3 rings (SSSR count). The lowest BCUT2D eigenvalue weighted by molar-refractivity contribution is -0.354. The number of fused-ring (bicyclic) bond motifs is 5. The van der Waals surface area contributed by atoms with E-state index in [1.165, 1.54) is 5.06 Å². The second-order valence-corrected chi connectivity index (χ2v) is 8.91. The predicted molar refractivity (Wildman–Crippen MR) is 82.0 cm³/mol. The molecular weight excluding hydrogens is 282 g/mol. The van der Waals surface area contributed by atoms with Crippen LogP contribution in [0.1, 0.15) is 53.4 Å². The fourth-order valence-electron chi connectivity index (χ4n) is 5.18.